The molecule has 4 rings (SSSR count). The van der Waals surface area contributed by atoms with E-state index in [4.69, 9.17) is 9.52 Å². The molecular weight excluding hydrogens is 381 g/mol. The molecule has 2 aromatic heterocycles. The Hall–Kier alpha value is -3.67. The van der Waals surface area contributed by atoms with Gasteiger partial charge in [0.15, 0.2) is 0 Å². The summed E-state index contributed by atoms with van der Waals surface area (Å²) in [5.41, 5.74) is 4.60. The van der Waals surface area contributed by atoms with Crippen LogP contribution in [0.1, 0.15) is 33.0 Å². The van der Waals surface area contributed by atoms with Gasteiger partial charge in [0, 0.05) is 29.4 Å². The number of nitrogens with one attached hydrogen (secondary N) is 1. The van der Waals surface area contributed by atoms with Crippen molar-refractivity contribution in [1.29, 1.82) is 0 Å². The lowest BCUT2D eigenvalue weighted by molar-refractivity contribution is 0.0949. The zero-order chi connectivity index (χ0) is 21.3. The van der Waals surface area contributed by atoms with E-state index in [0.717, 1.165) is 28.1 Å². The molecule has 0 saturated carbocycles. The van der Waals surface area contributed by atoms with Crippen LogP contribution >= 0.6 is 0 Å². The predicted molar refractivity (Wildman–Crippen MR) is 113 cm³/mol. The highest BCUT2D eigenvalue weighted by Crippen LogP contribution is 2.25. The molecule has 0 unspecified atom stereocenters. The van der Waals surface area contributed by atoms with E-state index < -0.39 is 0 Å². The molecule has 30 heavy (non-hydrogen) atoms. The number of benzene rings is 2. The first kappa shape index (κ1) is 19.6. The van der Waals surface area contributed by atoms with Crippen LogP contribution in [0.3, 0.4) is 0 Å². The highest BCUT2D eigenvalue weighted by Gasteiger charge is 2.20. The fraction of sp³-hybridized carbons (Fsp3) is 0.167. The minimum atomic E-state index is -0.308. The van der Waals surface area contributed by atoms with Crippen molar-refractivity contribution in [3.8, 4) is 16.9 Å². The molecule has 0 spiro atoms. The number of rotatable bonds is 5. The Morgan fingerprint density at radius 3 is 2.37 bits per heavy atom. The van der Waals surface area contributed by atoms with E-state index in [-0.39, 0.29) is 18.3 Å². The van der Waals surface area contributed by atoms with Gasteiger partial charge in [0.25, 0.3) is 5.91 Å². The zero-order valence-electron chi connectivity index (χ0n) is 17.1. The van der Waals surface area contributed by atoms with Gasteiger partial charge >= 0.3 is 0 Å². The molecule has 0 aliphatic rings. The lowest BCUT2D eigenvalue weighted by atomic mass is 10.1. The molecule has 0 radical (unpaired) electrons. The molecule has 0 fully saturated rings. The lowest BCUT2D eigenvalue weighted by Gasteiger charge is -2.06. The van der Waals surface area contributed by atoms with Gasteiger partial charge in [-0.1, -0.05) is 18.2 Å². The number of nitrogens with zero attached hydrogens (tertiary/aromatic N) is 2. The van der Waals surface area contributed by atoms with Crippen LogP contribution in [0.5, 0.6) is 0 Å². The van der Waals surface area contributed by atoms with E-state index >= 15 is 0 Å². The topological polar surface area (TPSA) is 60.1 Å². The maximum absolute atomic E-state index is 13.4. The molecule has 6 heteroatoms. The fourth-order valence-corrected chi connectivity index (χ4v) is 3.49. The van der Waals surface area contributed by atoms with E-state index in [9.17, 15) is 9.18 Å². The van der Waals surface area contributed by atoms with Gasteiger partial charge in [0.05, 0.1) is 16.9 Å². The predicted octanol–water partition coefficient (Wildman–Crippen LogP) is 5.13. The molecule has 0 saturated heterocycles. The first-order chi connectivity index (χ1) is 14.4. The first-order valence-electron chi connectivity index (χ1n) is 9.68. The zero-order valence-corrected chi connectivity index (χ0v) is 17.1. The second kappa shape index (κ2) is 7.99. The Kier molecular flexibility index (Phi) is 5.23. The highest BCUT2D eigenvalue weighted by atomic mass is 19.1. The number of carbonyl (C=O) groups excluding carboxylic acids is 1. The number of amides is 1. The Morgan fingerprint density at radius 1 is 1.03 bits per heavy atom. The van der Waals surface area contributed by atoms with Gasteiger partial charge in [-0.3, -0.25) is 4.79 Å². The number of hydrogen-bond acceptors (Lipinski definition) is 3. The number of para-hydroxylation sites is 1. The Balaban J connectivity index is 1.66. The molecule has 0 atom stereocenters. The van der Waals surface area contributed by atoms with Crippen molar-refractivity contribution in [2.75, 3.05) is 0 Å². The first-order valence-corrected chi connectivity index (χ1v) is 9.68. The highest BCUT2D eigenvalue weighted by molar-refractivity contribution is 5.96. The van der Waals surface area contributed by atoms with Gasteiger partial charge in [-0.2, -0.15) is 5.10 Å². The van der Waals surface area contributed by atoms with Gasteiger partial charge in [0.2, 0.25) is 0 Å². The largest absolute Gasteiger partial charge is 0.466 e. The Morgan fingerprint density at radius 2 is 1.73 bits per heavy atom. The maximum atomic E-state index is 13.4. The van der Waals surface area contributed by atoms with Gasteiger partial charge in [0.1, 0.15) is 17.3 Å². The van der Waals surface area contributed by atoms with E-state index in [1.165, 1.54) is 12.1 Å². The summed E-state index contributed by atoms with van der Waals surface area (Å²) in [6.45, 7) is 5.78. The molecule has 0 bridgehead atoms. The molecule has 5 nitrogen and oxygen atoms in total. The average molecular weight is 403 g/mol. The summed E-state index contributed by atoms with van der Waals surface area (Å²) in [6, 6.07) is 15.9. The summed E-state index contributed by atoms with van der Waals surface area (Å²) in [6.07, 6.45) is 1.88. The van der Waals surface area contributed by atoms with Crippen molar-refractivity contribution < 1.29 is 13.6 Å². The van der Waals surface area contributed by atoms with Crippen LogP contribution in [0.4, 0.5) is 4.39 Å². The van der Waals surface area contributed by atoms with Crippen LogP contribution in [0.15, 0.2) is 65.2 Å². The SMILES string of the molecule is Cc1oc(C)c(C(=O)NCc2cn(-c3ccccc3)nc2-c2ccc(F)cc2)c1C. The third-order valence-electron chi connectivity index (χ3n) is 5.16. The van der Waals surface area contributed by atoms with Crippen molar-refractivity contribution in [2.24, 2.45) is 0 Å². The number of aromatic nitrogens is 2. The number of halogens is 1. The minimum absolute atomic E-state index is 0.195. The minimum Gasteiger partial charge on any atom is -0.466 e. The second-order valence-corrected chi connectivity index (χ2v) is 7.19. The monoisotopic (exact) mass is 403 g/mol. The summed E-state index contributed by atoms with van der Waals surface area (Å²) < 4.78 is 20.7. The molecule has 0 aliphatic heterocycles. The molecule has 2 aromatic carbocycles. The summed E-state index contributed by atoms with van der Waals surface area (Å²) in [7, 11) is 0. The Labute approximate surface area is 174 Å². The van der Waals surface area contributed by atoms with Gasteiger partial charge in [-0.05, 0) is 57.2 Å². The van der Waals surface area contributed by atoms with Crippen LogP contribution in [-0.4, -0.2) is 15.7 Å². The summed E-state index contributed by atoms with van der Waals surface area (Å²) in [4.78, 5) is 12.8. The third-order valence-corrected chi connectivity index (χ3v) is 5.16. The van der Waals surface area contributed by atoms with Crippen LogP contribution in [0.25, 0.3) is 16.9 Å². The van der Waals surface area contributed by atoms with Crippen molar-refractivity contribution >= 4 is 5.91 Å². The van der Waals surface area contributed by atoms with Crippen molar-refractivity contribution in [3.63, 3.8) is 0 Å². The molecular formula is C24H22FN3O2. The van der Waals surface area contributed by atoms with Crippen molar-refractivity contribution in [3.05, 3.63) is 94.8 Å². The smallest absolute Gasteiger partial charge is 0.255 e. The summed E-state index contributed by atoms with van der Waals surface area (Å²) in [5, 5.41) is 7.66. The standard InChI is InChI=1S/C24H22FN3O2/c1-15-16(2)30-17(3)22(15)24(29)26-13-19-14-28(21-7-5-4-6-8-21)27-23(19)18-9-11-20(25)12-10-18/h4-12,14H,13H2,1-3H3,(H,26,29). The van der Waals surface area contributed by atoms with E-state index in [1.807, 2.05) is 50.4 Å². The van der Waals surface area contributed by atoms with Gasteiger partial charge < -0.3 is 9.73 Å². The number of aryl methyl sites for hydroxylation is 2. The molecule has 4 aromatic rings. The normalized spacial score (nSPS) is 10.9. The average Bonchev–Trinajstić information content (AvgIpc) is 3.28. The van der Waals surface area contributed by atoms with Gasteiger partial charge in [-0.25, -0.2) is 9.07 Å². The van der Waals surface area contributed by atoms with E-state index in [1.54, 1.807) is 23.7 Å². The number of carbonyl (C=O) groups is 1. The van der Waals surface area contributed by atoms with Crippen molar-refractivity contribution in [2.45, 2.75) is 27.3 Å². The Bertz CT molecular complexity index is 1190. The maximum Gasteiger partial charge on any atom is 0.255 e. The quantitative estimate of drug-likeness (QED) is 0.503. The second-order valence-electron chi connectivity index (χ2n) is 7.19. The molecule has 0 aliphatic carbocycles. The molecule has 2 heterocycles. The van der Waals surface area contributed by atoms with E-state index in [0.29, 0.717) is 17.0 Å². The summed E-state index contributed by atoms with van der Waals surface area (Å²) >= 11 is 0. The van der Waals surface area contributed by atoms with Crippen molar-refractivity contribution in [1.82, 2.24) is 15.1 Å². The summed E-state index contributed by atoms with van der Waals surface area (Å²) in [5.74, 6) is 0.833. The molecule has 152 valence electrons. The molecule has 1 N–H and O–H groups in total. The molecule has 1 amide bonds. The number of hydrogen-bond donors (Lipinski definition) is 1. The fourth-order valence-electron chi connectivity index (χ4n) is 3.49. The number of furan rings is 1. The van der Waals surface area contributed by atoms with Crippen LogP contribution in [0, 0.1) is 26.6 Å². The third kappa shape index (κ3) is 3.76. The van der Waals surface area contributed by atoms with Crippen LogP contribution < -0.4 is 5.32 Å². The lowest BCUT2D eigenvalue weighted by Crippen LogP contribution is -2.23. The van der Waals surface area contributed by atoms with E-state index in [2.05, 4.69) is 5.32 Å². The van der Waals surface area contributed by atoms with Crippen LogP contribution in [0.2, 0.25) is 0 Å². The van der Waals surface area contributed by atoms with Crippen LogP contribution in [-0.2, 0) is 6.54 Å². The van der Waals surface area contributed by atoms with Gasteiger partial charge in [-0.15, -0.1) is 0 Å².